The monoisotopic (exact) mass is 921 g/mol. The third kappa shape index (κ3) is 10.2. The summed E-state index contributed by atoms with van der Waals surface area (Å²) in [7, 11) is 0. The van der Waals surface area contributed by atoms with Gasteiger partial charge in [0.05, 0.1) is 0 Å². The van der Waals surface area contributed by atoms with Gasteiger partial charge in [0.25, 0.3) is 0 Å². The first kappa shape index (κ1) is 47.4. The molecule has 1 fully saturated rings. The first-order chi connectivity index (χ1) is 34.5. The molecule has 1 saturated carbocycles. The highest BCUT2D eigenvalue weighted by molar-refractivity contribution is 5.85. The second-order valence-electron chi connectivity index (χ2n) is 20.9. The highest BCUT2D eigenvalue weighted by atomic mass is 14.4. The zero-order valence-corrected chi connectivity index (χ0v) is 42.9. The molecule has 0 heteroatoms. The van der Waals surface area contributed by atoms with Crippen molar-refractivity contribution >= 4 is 6.08 Å². The van der Waals surface area contributed by atoms with Gasteiger partial charge in [-0.2, -0.15) is 0 Å². The van der Waals surface area contributed by atoms with Gasteiger partial charge < -0.3 is 0 Å². The summed E-state index contributed by atoms with van der Waals surface area (Å²) in [5.41, 5.74) is 28.9. The first-order valence-electron chi connectivity index (χ1n) is 26.1. The lowest BCUT2D eigenvalue weighted by Gasteiger charge is -2.22. The fourth-order valence-electron chi connectivity index (χ4n) is 11.0. The van der Waals surface area contributed by atoms with Crippen molar-refractivity contribution in [2.24, 2.45) is 0 Å². The molecule has 71 heavy (non-hydrogen) atoms. The van der Waals surface area contributed by atoms with Gasteiger partial charge in [0.15, 0.2) is 0 Å². The maximum absolute atomic E-state index is 2.38. The van der Waals surface area contributed by atoms with Gasteiger partial charge in [0, 0.05) is 5.41 Å². The predicted octanol–water partition coefficient (Wildman–Crippen LogP) is 20.0. The van der Waals surface area contributed by atoms with Crippen LogP contribution in [0.5, 0.6) is 0 Å². The van der Waals surface area contributed by atoms with Crippen molar-refractivity contribution in [2.45, 2.75) is 97.8 Å². The molecule has 0 amide bonds. The van der Waals surface area contributed by atoms with Crippen LogP contribution in [0.4, 0.5) is 0 Å². The van der Waals surface area contributed by atoms with E-state index in [1.54, 1.807) is 0 Å². The molecule has 9 aromatic carbocycles. The van der Waals surface area contributed by atoms with Gasteiger partial charge in [-0.1, -0.05) is 252 Å². The first-order valence-corrected chi connectivity index (χ1v) is 26.1. The van der Waals surface area contributed by atoms with Crippen LogP contribution in [0.2, 0.25) is 0 Å². The largest absolute Gasteiger partial charge is 0.0833 e. The summed E-state index contributed by atoms with van der Waals surface area (Å²) in [6.45, 7) is 15.7. The van der Waals surface area contributed by atoms with Crippen molar-refractivity contribution in [1.82, 2.24) is 0 Å². The number of allylic oxidation sites excluding steroid dienone is 1. The van der Waals surface area contributed by atoms with E-state index in [1.807, 2.05) is 0 Å². The number of hydrogen-bond acceptors (Lipinski definition) is 0. The van der Waals surface area contributed by atoms with Gasteiger partial charge in [0.2, 0.25) is 0 Å². The third-order valence-electron chi connectivity index (χ3n) is 15.3. The number of fused-ring (bicyclic) bond motifs is 4. The molecule has 1 unspecified atom stereocenters. The molecule has 0 heterocycles. The Morgan fingerprint density at radius 1 is 0.451 bits per heavy atom. The summed E-state index contributed by atoms with van der Waals surface area (Å²) in [5.74, 6) is 1.33. The fraction of sp³-hybridized carbons (Fsp3) is 0.211. The van der Waals surface area contributed by atoms with E-state index in [0.717, 1.165) is 6.42 Å². The Kier molecular flexibility index (Phi) is 13.7. The fourth-order valence-corrected chi connectivity index (χ4v) is 11.0. The van der Waals surface area contributed by atoms with E-state index in [4.69, 9.17) is 0 Å². The van der Waals surface area contributed by atoms with Gasteiger partial charge in [-0.15, -0.1) is 0 Å². The maximum Gasteiger partial charge on any atom is 0.0159 e. The molecule has 3 aliphatic rings. The van der Waals surface area contributed by atoms with Crippen LogP contribution in [0.3, 0.4) is 0 Å². The molecule has 0 bridgehead atoms. The zero-order chi connectivity index (χ0) is 49.1. The Morgan fingerprint density at radius 2 is 0.986 bits per heavy atom. The normalized spacial score (nSPS) is 14.8. The van der Waals surface area contributed by atoms with E-state index in [9.17, 15) is 0 Å². The number of hydrogen-bond donors (Lipinski definition) is 0. The molecule has 0 aromatic heterocycles. The molecular weight excluding hydrogens is 853 g/mol. The lowest BCUT2D eigenvalue weighted by molar-refractivity contribution is 0.660. The molecule has 1 atom stereocenters. The minimum atomic E-state index is 0.0709. The van der Waals surface area contributed by atoms with Crippen LogP contribution < -0.4 is 0 Å². The van der Waals surface area contributed by atoms with Crippen LogP contribution >= 0.6 is 0 Å². The van der Waals surface area contributed by atoms with E-state index >= 15 is 0 Å². The minimum Gasteiger partial charge on any atom is -0.0833 e. The zero-order valence-electron chi connectivity index (χ0n) is 42.9. The molecule has 0 saturated heterocycles. The Labute approximate surface area is 424 Å². The quantitative estimate of drug-likeness (QED) is 0.142. The van der Waals surface area contributed by atoms with Crippen molar-refractivity contribution in [3.05, 3.63) is 256 Å². The minimum absolute atomic E-state index is 0.0709. The van der Waals surface area contributed by atoms with Crippen molar-refractivity contribution in [3.63, 3.8) is 0 Å². The third-order valence-corrected chi connectivity index (χ3v) is 15.3. The number of benzene rings is 9. The smallest absolute Gasteiger partial charge is 0.0159 e. The van der Waals surface area contributed by atoms with Crippen molar-refractivity contribution < 1.29 is 0 Å². The number of aryl methyl sites for hydroxylation is 4. The van der Waals surface area contributed by atoms with Crippen LogP contribution in [0, 0.1) is 20.8 Å². The van der Waals surface area contributed by atoms with E-state index in [-0.39, 0.29) is 5.41 Å². The van der Waals surface area contributed by atoms with E-state index in [1.165, 1.54) is 143 Å². The molecular formula is C71H68. The van der Waals surface area contributed by atoms with Gasteiger partial charge >= 0.3 is 0 Å². The van der Waals surface area contributed by atoms with Crippen molar-refractivity contribution in [3.8, 4) is 66.8 Å². The second-order valence-corrected chi connectivity index (χ2v) is 20.9. The summed E-state index contributed by atoms with van der Waals surface area (Å²) in [4.78, 5) is 0. The predicted molar refractivity (Wildman–Crippen MR) is 306 cm³/mol. The molecule has 0 N–H and O–H groups in total. The van der Waals surface area contributed by atoms with Gasteiger partial charge in [-0.3, -0.25) is 0 Å². The lowest BCUT2D eigenvalue weighted by atomic mass is 9.81. The van der Waals surface area contributed by atoms with Crippen LogP contribution in [-0.4, -0.2) is 0 Å². The van der Waals surface area contributed by atoms with E-state index in [2.05, 4.69) is 261 Å². The SMILES string of the molecule is CCCc1ccc(-c2ccc3c(c2)C(C)CC=C3)cc1.Cc1ccc(-c2ccc(-c3cccc(-c4ccccc4C)c3C3CC3)cc2)cc1.Cc1ccc2c(c1)C(C)(C)c1cc(-c3ccccc3)ccc1-2. The average Bonchev–Trinajstić information content (AvgIpc) is 4.23. The van der Waals surface area contributed by atoms with Crippen molar-refractivity contribution in [1.29, 1.82) is 0 Å². The highest BCUT2D eigenvalue weighted by Crippen LogP contribution is 2.51. The van der Waals surface area contributed by atoms with Crippen LogP contribution in [-0.2, 0) is 11.8 Å². The molecule has 0 nitrogen and oxygen atoms in total. The van der Waals surface area contributed by atoms with E-state index < -0.39 is 0 Å². The molecule has 0 radical (unpaired) electrons. The summed E-state index contributed by atoms with van der Waals surface area (Å²) in [5, 5.41) is 0. The Hall–Kier alpha value is -7.28. The molecule has 0 aliphatic heterocycles. The Morgan fingerprint density at radius 3 is 1.69 bits per heavy atom. The number of rotatable bonds is 8. The molecule has 3 aliphatic carbocycles. The molecule has 12 rings (SSSR count). The summed E-state index contributed by atoms with van der Waals surface area (Å²) in [6, 6.07) is 73.8. The summed E-state index contributed by atoms with van der Waals surface area (Å²) < 4.78 is 0. The van der Waals surface area contributed by atoms with Gasteiger partial charge in [-0.25, -0.2) is 0 Å². The van der Waals surface area contributed by atoms with Crippen LogP contribution in [0.1, 0.15) is 115 Å². The van der Waals surface area contributed by atoms with Crippen LogP contribution in [0.25, 0.3) is 72.8 Å². The topological polar surface area (TPSA) is 0 Å². The molecule has 0 spiro atoms. The Balaban J connectivity index is 0.000000126. The van der Waals surface area contributed by atoms with Crippen LogP contribution in [0.15, 0.2) is 206 Å². The second kappa shape index (κ2) is 20.6. The van der Waals surface area contributed by atoms with Gasteiger partial charge in [-0.05, 0) is 170 Å². The summed E-state index contributed by atoms with van der Waals surface area (Å²) >= 11 is 0. The summed E-state index contributed by atoms with van der Waals surface area (Å²) in [6.07, 6.45) is 10.7. The van der Waals surface area contributed by atoms with Gasteiger partial charge in [0.1, 0.15) is 0 Å². The molecule has 9 aromatic rings. The van der Waals surface area contributed by atoms with Crippen molar-refractivity contribution in [2.75, 3.05) is 0 Å². The van der Waals surface area contributed by atoms with E-state index in [0.29, 0.717) is 11.8 Å². The highest BCUT2D eigenvalue weighted by Gasteiger charge is 2.35. The average molecular weight is 921 g/mol. The molecule has 352 valence electrons. The standard InChI is InChI=1S/C29H26.C22H20.C20H22/c1-20-10-12-22(13-11-20)23-14-16-24(17-15-23)27-8-5-9-28(29(27)25-18-19-25)26-7-4-3-6-21(26)2;1-15-9-11-18-19-12-10-17(16-7-5-4-6-8-16)14-21(19)22(2,3)20(18)13-15;1-3-5-16-8-10-17(11-9-16)19-13-12-18-7-4-6-15(2)20(18)14-19/h3-17,25H,18-19H2,1-2H3;4-14H,1-3H3;4,7-15H,3,5-6H2,1-2H3. The maximum atomic E-state index is 2.38. The Bertz CT molecular complexity index is 3320. The lowest BCUT2D eigenvalue weighted by Crippen LogP contribution is -2.15.